The molecular weight excluding hydrogens is 405 g/mol. The van der Waals surface area contributed by atoms with Gasteiger partial charge in [-0.2, -0.15) is 0 Å². The molecule has 2 aromatic rings. The molecule has 0 amide bonds. The summed E-state index contributed by atoms with van der Waals surface area (Å²) in [5, 5.41) is 0. The number of ether oxygens (including phenoxy) is 1. The monoisotopic (exact) mass is 435 g/mol. The Morgan fingerprint density at radius 3 is 2.53 bits per heavy atom. The number of sulfonamides is 1. The minimum absolute atomic E-state index is 0.183. The Kier molecular flexibility index (Phi) is 7.69. The van der Waals surface area contributed by atoms with Crippen molar-refractivity contribution in [1.29, 1.82) is 0 Å². The van der Waals surface area contributed by atoms with E-state index in [1.165, 1.54) is 6.07 Å². The molecule has 2 aromatic carbocycles. The van der Waals surface area contributed by atoms with Crippen molar-refractivity contribution in [2.24, 2.45) is 0 Å². The first-order valence-corrected chi connectivity index (χ1v) is 11.8. The van der Waals surface area contributed by atoms with Gasteiger partial charge in [-0.05, 0) is 56.6 Å². The van der Waals surface area contributed by atoms with E-state index in [2.05, 4.69) is 14.5 Å². The molecule has 30 heavy (non-hydrogen) atoms. The Bertz CT molecular complexity index is 944. The predicted molar refractivity (Wildman–Crippen MR) is 117 cm³/mol. The predicted octanol–water partition coefficient (Wildman–Crippen LogP) is 3.02. The highest BCUT2D eigenvalue weighted by Crippen LogP contribution is 2.25. The molecule has 0 radical (unpaired) electrons. The first kappa shape index (κ1) is 22.5. The van der Waals surface area contributed by atoms with Crippen molar-refractivity contribution in [2.75, 3.05) is 50.8 Å². The molecule has 1 fully saturated rings. The van der Waals surface area contributed by atoms with Crippen LogP contribution in [0.4, 0.5) is 10.1 Å². The third kappa shape index (κ3) is 5.71. The van der Waals surface area contributed by atoms with Crippen molar-refractivity contribution in [1.82, 2.24) is 9.62 Å². The highest BCUT2D eigenvalue weighted by atomic mass is 32.2. The zero-order chi connectivity index (χ0) is 21.6. The van der Waals surface area contributed by atoms with E-state index in [1.54, 1.807) is 18.2 Å². The molecule has 1 heterocycles. The Morgan fingerprint density at radius 2 is 1.83 bits per heavy atom. The van der Waals surface area contributed by atoms with E-state index < -0.39 is 10.0 Å². The second-order valence-corrected chi connectivity index (χ2v) is 9.15. The number of hydrogen-bond acceptors (Lipinski definition) is 5. The Balaban J connectivity index is 1.47. The third-order valence-corrected chi connectivity index (χ3v) is 6.68. The van der Waals surface area contributed by atoms with Gasteiger partial charge in [0.2, 0.25) is 10.0 Å². The van der Waals surface area contributed by atoms with Gasteiger partial charge in [-0.15, -0.1) is 0 Å². The fraction of sp³-hybridized carbons (Fsp3) is 0.455. The minimum atomic E-state index is -3.63. The Morgan fingerprint density at radius 1 is 1.10 bits per heavy atom. The van der Waals surface area contributed by atoms with Crippen LogP contribution in [0.2, 0.25) is 0 Å². The Labute approximate surface area is 178 Å². The zero-order valence-corrected chi connectivity index (χ0v) is 18.4. The molecule has 0 aliphatic carbocycles. The molecule has 3 rings (SSSR count). The van der Waals surface area contributed by atoms with Crippen LogP contribution in [0, 0.1) is 12.7 Å². The SMILES string of the molecule is CCOc1ccc(C)cc1S(=O)(=O)NCCCN1CCN(c2ccccc2F)CC1. The normalized spacial score (nSPS) is 15.4. The number of piperazine rings is 1. The number of nitrogens with zero attached hydrogens (tertiary/aromatic N) is 2. The lowest BCUT2D eigenvalue weighted by Gasteiger charge is -2.36. The highest BCUT2D eigenvalue weighted by molar-refractivity contribution is 7.89. The van der Waals surface area contributed by atoms with Gasteiger partial charge in [0, 0.05) is 32.7 Å². The van der Waals surface area contributed by atoms with Gasteiger partial charge in [0.1, 0.15) is 16.5 Å². The van der Waals surface area contributed by atoms with Crippen LogP contribution in [0.5, 0.6) is 5.75 Å². The average molecular weight is 436 g/mol. The lowest BCUT2D eigenvalue weighted by atomic mass is 10.2. The summed E-state index contributed by atoms with van der Waals surface area (Å²) < 4.78 is 47.5. The lowest BCUT2D eigenvalue weighted by molar-refractivity contribution is 0.255. The van der Waals surface area contributed by atoms with Crippen LogP contribution >= 0.6 is 0 Å². The highest BCUT2D eigenvalue weighted by Gasteiger charge is 2.21. The van der Waals surface area contributed by atoms with Crippen molar-refractivity contribution < 1.29 is 17.5 Å². The maximum atomic E-state index is 13.9. The molecule has 0 saturated carbocycles. The van der Waals surface area contributed by atoms with E-state index in [-0.39, 0.29) is 10.7 Å². The van der Waals surface area contributed by atoms with Crippen LogP contribution in [0.3, 0.4) is 0 Å². The van der Waals surface area contributed by atoms with Crippen molar-refractivity contribution >= 4 is 15.7 Å². The van der Waals surface area contributed by atoms with Gasteiger partial charge in [0.25, 0.3) is 0 Å². The second kappa shape index (κ2) is 10.2. The number of para-hydroxylation sites is 1. The molecule has 0 spiro atoms. The molecule has 0 aromatic heterocycles. The second-order valence-electron chi connectivity index (χ2n) is 7.41. The zero-order valence-electron chi connectivity index (χ0n) is 17.6. The summed E-state index contributed by atoms with van der Waals surface area (Å²) in [6.45, 7) is 8.41. The third-order valence-electron chi connectivity index (χ3n) is 5.20. The summed E-state index contributed by atoms with van der Waals surface area (Å²) in [5.74, 6) is 0.183. The molecule has 1 aliphatic heterocycles. The molecule has 1 N–H and O–H groups in total. The standard InChI is InChI=1S/C22H30FN3O3S/c1-3-29-21-10-9-18(2)17-22(21)30(27,28)24-11-6-12-25-13-15-26(16-14-25)20-8-5-4-7-19(20)23/h4-5,7-10,17,24H,3,6,11-16H2,1-2H3. The fourth-order valence-corrected chi connectivity index (χ4v) is 4.91. The van der Waals surface area contributed by atoms with Crippen molar-refractivity contribution in [3.05, 3.63) is 53.8 Å². The fourth-order valence-electron chi connectivity index (χ4n) is 3.61. The van der Waals surface area contributed by atoms with Crippen LogP contribution in [0.15, 0.2) is 47.4 Å². The smallest absolute Gasteiger partial charge is 0.244 e. The van der Waals surface area contributed by atoms with E-state index >= 15 is 0 Å². The van der Waals surface area contributed by atoms with E-state index in [1.807, 2.05) is 32.0 Å². The van der Waals surface area contributed by atoms with Crippen LogP contribution < -0.4 is 14.4 Å². The van der Waals surface area contributed by atoms with Gasteiger partial charge in [0.15, 0.2) is 0 Å². The maximum absolute atomic E-state index is 13.9. The summed E-state index contributed by atoms with van der Waals surface area (Å²) in [7, 11) is -3.63. The first-order valence-electron chi connectivity index (χ1n) is 10.4. The molecule has 0 unspecified atom stereocenters. The quantitative estimate of drug-likeness (QED) is 0.614. The van der Waals surface area contributed by atoms with Gasteiger partial charge < -0.3 is 9.64 Å². The van der Waals surface area contributed by atoms with Gasteiger partial charge >= 0.3 is 0 Å². The number of halogens is 1. The number of anilines is 1. The summed E-state index contributed by atoms with van der Waals surface area (Å²) in [6.07, 6.45) is 0.703. The number of nitrogens with one attached hydrogen (secondary N) is 1. The summed E-state index contributed by atoms with van der Waals surface area (Å²) in [5.41, 5.74) is 1.51. The van der Waals surface area contributed by atoms with Gasteiger partial charge in [-0.3, -0.25) is 4.90 Å². The van der Waals surface area contributed by atoms with Crippen LogP contribution in [0.1, 0.15) is 18.9 Å². The average Bonchev–Trinajstić information content (AvgIpc) is 2.73. The molecule has 164 valence electrons. The van der Waals surface area contributed by atoms with Gasteiger partial charge in [-0.1, -0.05) is 18.2 Å². The molecule has 8 heteroatoms. The number of hydrogen-bond donors (Lipinski definition) is 1. The lowest BCUT2D eigenvalue weighted by Crippen LogP contribution is -2.47. The molecule has 1 saturated heterocycles. The molecule has 0 atom stereocenters. The van der Waals surface area contributed by atoms with E-state index in [4.69, 9.17) is 4.74 Å². The van der Waals surface area contributed by atoms with E-state index in [0.29, 0.717) is 31.0 Å². The topological polar surface area (TPSA) is 61.9 Å². The summed E-state index contributed by atoms with van der Waals surface area (Å²) >= 11 is 0. The van der Waals surface area contributed by atoms with Crippen LogP contribution in [-0.2, 0) is 10.0 Å². The number of rotatable bonds is 9. The molecule has 6 nitrogen and oxygen atoms in total. The molecule has 0 bridgehead atoms. The largest absolute Gasteiger partial charge is 0.492 e. The van der Waals surface area contributed by atoms with Crippen LogP contribution in [-0.4, -0.2) is 59.2 Å². The van der Waals surface area contributed by atoms with Crippen molar-refractivity contribution in [2.45, 2.75) is 25.2 Å². The molecule has 1 aliphatic rings. The van der Waals surface area contributed by atoms with E-state index in [9.17, 15) is 12.8 Å². The minimum Gasteiger partial charge on any atom is -0.492 e. The molecular formula is C22H30FN3O3S. The van der Waals surface area contributed by atoms with Crippen molar-refractivity contribution in [3.8, 4) is 5.75 Å². The van der Waals surface area contributed by atoms with Crippen LogP contribution in [0.25, 0.3) is 0 Å². The number of aryl methyl sites for hydroxylation is 1. The summed E-state index contributed by atoms with van der Waals surface area (Å²) in [6, 6.07) is 12.0. The maximum Gasteiger partial charge on any atom is 0.244 e. The van der Waals surface area contributed by atoms with Crippen molar-refractivity contribution in [3.63, 3.8) is 0 Å². The first-order chi connectivity index (χ1) is 14.4. The summed E-state index contributed by atoms with van der Waals surface area (Å²) in [4.78, 5) is 4.52. The van der Waals surface area contributed by atoms with Gasteiger partial charge in [-0.25, -0.2) is 17.5 Å². The van der Waals surface area contributed by atoms with E-state index in [0.717, 1.165) is 38.3 Å². The number of benzene rings is 2. The van der Waals surface area contributed by atoms with Gasteiger partial charge in [0.05, 0.1) is 12.3 Å². The Hall–Kier alpha value is -2.16.